The van der Waals surface area contributed by atoms with Gasteiger partial charge in [0.25, 0.3) is 0 Å². The molecule has 20 heavy (non-hydrogen) atoms. The molecule has 0 bridgehead atoms. The van der Waals surface area contributed by atoms with Crippen LogP contribution in [-0.2, 0) is 19.6 Å². The average Bonchev–Trinajstić information content (AvgIpc) is 2.37. The third-order valence-corrected chi connectivity index (χ3v) is 3.81. The van der Waals surface area contributed by atoms with E-state index in [1.807, 2.05) is 0 Å². The number of hydrogen-bond donors (Lipinski definition) is 2. The molecule has 0 unspecified atom stereocenters. The summed E-state index contributed by atoms with van der Waals surface area (Å²) in [5.41, 5.74) is 5.53. The Bertz CT molecular complexity index is 631. The molecule has 1 aromatic rings. The lowest BCUT2D eigenvalue weighted by atomic mass is 10.2. The van der Waals surface area contributed by atoms with Gasteiger partial charge in [-0.05, 0) is 18.2 Å². The Kier molecular flexibility index (Phi) is 5.40. The number of benzene rings is 1. The van der Waals surface area contributed by atoms with E-state index in [4.69, 9.17) is 18.0 Å². The average molecular weight is 320 g/mol. The first-order valence-corrected chi connectivity index (χ1v) is 7.48. The highest BCUT2D eigenvalue weighted by Gasteiger charge is 2.16. The van der Waals surface area contributed by atoms with Gasteiger partial charge in [-0.3, -0.25) is 9.52 Å². The minimum atomic E-state index is -3.80. The molecule has 0 aliphatic heterocycles. The van der Waals surface area contributed by atoms with Gasteiger partial charge >= 0.3 is 5.97 Å². The second-order valence-electron chi connectivity index (χ2n) is 3.80. The number of carbonyl (C=O) groups is 1. The maximum Gasteiger partial charge on any atom is 0.306 e. The van der Waals surface area contributed by atoms with Crippen molar-refractivity contribution in [2.75, 3.05) is 17.6 Å². The molecule has 0 atom stereocenters. The fourth-order valence-electron chi connectivity index (χ4n) is 1.35. The van der Waals surface area contributed by atoms with E-state index in [2.05, 4.69) is 9.46 Å². The Labute approximate surface area is 121 Å². The van der Waals surface area contributed by atoms with Gasteiger partial charge in [0.1, 0.15) is 10.8 Å². The van der Waals surface area contributed by atoms with E-state index in [1.54, 1.807) is 0 Å². The third kappa shape index (κ3) is 4.74. The maximum absolute atomic E-state index is 13.1. The second kappa shape index (κ2) is 6.62. The quantitative estimate of drug-likeness (QED) is 0.593. The largest absolute Gasteiger partial charge is 0.469 e. The highest BCUT2D eigenvalue weighted by atomic mass is 32.2. The van der Waals surface area contributed by atoms with Crippen molar-refractivity contribution in [1.29, 1.82) is 0 Å². The maximum atomic E-state index is 13.1. The molecule has 9 heteroatoms. The van der Waals surface area contributed by atoms with E-state index in [1.165, 1.54) is 6.07 Å². The van der Waals surface area contributed by atoms with Crippen LogP contribution in [0.4, 0.5) is 10.1 Å². The van der Waals surface area contributed by atoms with Crippen LogP contribution in [0.1, 0.15) is 12.0 Å². The zero-order valence-corrected chi connectivity index (χ0v) is 12.2. The number of hydrogen-bond acceptors (Lipinski definition) is 5. The highest BCUT2D eigenvalue weighted by molar-refractivity contribution is 7.92. The summed E-state index contributed by atoms with van der Waals surface area (Å²) >= 11 is 4.73. The van der Waals surface area contributed by atoms with E-state index in [9.17, 15) is 17.6 Å². The summed E-state index contributed by atoms with van der Waals surface area (Å²) in [6.07, 6.45) is -0.296. The lowest BCUT2D eigenvalue weighted by molar-refractivity contribution is -0.140. The fourth-order valence-corrected chi connectivity index (χ4v) is 2.57. The van der Waals surface area contributed by atoms with Crippen molar-refractivity contribution in [3.8, 4) is 0 Å². The van der Waals surface area contributed by atoms with Gasteiger partial charge in [0.05, 0.1) is 25.0 Å². The molecule has 6 nitrogen and oxygen atoms in total. The summed E-state index contributed by atoms with van der Waals surface area (Å²) in [4.78, 5) is 10.8. The molecule has 1 aromatic carbocycles. The van der Waals surface area contributed by atoms with Crippen molar-refractivity contribution in [2.45, 2.75) is 6.42 Å². The van der Waals surface area contributed by atoms with Crippen LogP contribution in [0.25, 0.3) is 0 Å². The zero-order chi connectivity index (χ0) is 15.3. The minimum Gasteiger partial charge on any atom is -0.469 e. The SMILES string of the molecule is COC(=O)CCS(=O)(=O)Nc1ccc(F)cc1C(N)=S. The standard InChI is InChI=1S/C11H13FN2O4S2/c1-18-10(15)4-5-20(16,17)14-9-3-2-7(12)6-8(9)11(13)19/h2-3,6,14H,4-5H2,1H3,(H2,13,19). The van der Waals surface area contributed by atoms with Gasteiger partial charge in [-0.2, -0.15) is 0 Å². The van der Waals surface area contributed by atoms with Crippen molar-refractivity contribution in [2.24, 2.45) is 5.73 Å². The molecule has 110 valence electrons. The van der Waals surface area contributed by atoms with Gasteiger partial charge in [-0.15, -0.1) is 0 Å². The summed E-state index contributed by atoms with van der Waals surface area (Å²) in [5.74, 6) is -1.71. The van der Waals surface area contributed by atoms with Gasteiger partial charge < -0.3 is 10.5 Å². The van der Waals surface area contributed by atoms with Crippen LogP contribution in [-0.4, -0.2) is 32.2 Å². The van der Waals surface area contributed by atoms with Crippen molar-refractivity contribution >= 4 is 38.9 Å². The number of carbonyl (C=O) groups excluding carboxylic acids is 1. The van der Waals surface area contributed by atoms with Crippen LogP contribution in [0.15, 0.2) is 18.2 Å². The predicted octanol–water partition coefficient (Wildman–Crippen LogP) is 0.765. The molecule has 0 aromatic heterocycles. The van der Waals surface area contributed by atoms with Gasteiger partial charge in [0.2, 0.25) is 10.0 Å². The molecule has 0 spiro atoms. The number of thiocarbonyl (C=S) groups is 1. The molecule has 0 amide bonds. The molecule has 0 aliphatic carbocycles. The van der Waals surface area contributed by atoms with Crippen LogP contribution < -0.4 is 10.5 Å². The molecule has 0 heterocycles. The summed E-state index contributed by atoms with van der Waals surface area (Å²) in [7, 11) is -2.64. The van der Waals surface area contributed by atoms with Crippen molar-refractivity contribution in [1.82, 2.24) is 0 Å². The van der Waals surface area contributed by atoms with Crippen molar-refractivity contribution < 1.29 is 22.3 Å². The molecule has 0 saturated heterocycles. The summed E-state index contributed by atoms with van der Waals surface area (Å²) in [6, 6.07) is 3.31. The molecule has 1 rings (SSSR count). The number of nitrogens with one attached hydrogen (secondary N) is 1. The Morgan fingerprint density at radius 2 is 2.15 bits per heavy atom. The van der Waals surface area contributed by atoms with Crippen molar-refractivity contribution in [3.63, 3.8) is 0 Å². The van der Waals surface area contributed by atoms with Crippen LogP contribution in [0.3, 0.4) is 0 Å². The van der Waals surface area contributed by atoms with Crippen LogP contribution in [0.2, 0.25) is 0 Å². The molecular formula is C11H13FN2O4S2. The van der Waals surface area contributed by atoms with E-state index in [0.29, 0.717) is 0 Å². The number of halogens is 1. The van der Waals surface area contributed by atoms with Crippen LogP contribution in [0, 0.1) is 5.82 Å². The summed E-state index contributed by atoms with van der Waals surface area (Å²) in [5, 5.41) is 0. The molecule has 0 saturated carbocycles. The lowest BCUT2D eigenvalue weighted by Gasteiger charge is -2.11. The molecule has 3 N–H and O–H groups in total. The number of nitrogens with two attached hydrogens (primary N) is 1. The first kappa shape index (κ1) is 16.3. The smallest absolute Gasteiger partial charge is 0.306 e. The Hall–Kier alpha value is -1.74. The van der Waals surface area contributed by atoms with Gasteiger partial charge in [0.15, 0.2) is 0 Å². The summed E-state index contributed by atoms with van der Waals surface area (Å²) < 4.78 is 43.2. The molecule has 0 aliphatic rings. The topological polar surface area (TPSA) is 98.5 Å². The number of anilines is 1. The Morgan fingerprint density at radius 1 is 1.50 bits per heavy atom. The monoisotopic (exact) mass is 320 g/mol. The van der Waals surface area contributed by atoms with E-state index in [0.717, 1.165) is 19.2 Å². The first-order valence-electron chi connectivity index (χ1n) is 5.42. The number of rotatable bonds is 6. The molecular weight excluding hydrogens is 307 g/mol. The van der Waals surface area contributed by atoms with Gasteiger partial charge in [0, 0.05) is 5.56 Å². The zero-order valence-electron chi connectivity index (χ0n) is 10.6. The van der Waals surface area contributed by atoms with Gasteiger partial charge in [-0.25, -0.2) is 12.8 Å². The number of ether oxygens (including phenoxy) is 1. The van der Waals surface area contributed by atoms with Crippen LogP contribution in [0.5, 0.6) is 0 Å². The van der Waals surface area contributed by atoms with Crippen molar-refractivity contribution in [3.05, 3.63) is 29.6 Å². The number of sulfonamides is 1. The molecule has 0 radical (unpaired) electrons. The summed E-state index contributed by atoms with van der Waals surface area (Å²) in [6.45, 7) is 0. The highest BCUT2D eigenvalue weighted by Crippen LogP contribution is 2.18. The van der Waals surface area contributed by atoms with Gasteiger partial charge in [-0.1, -0.05) is 12.2 Å². The first-order chi connectivity index (χ1) is 9.25. The van der Waals surface area contributed by atoms with E-state index in [-0.39, 0.29) is 22.7 Å². The molecule has 0 fully saturated rings. The second-order valence-corrected chi connectivity index (χ2v) is 6.08. The van der Waals surface area contributed by atoms with Crippen LogP contribution >= 0.6 is 12.2 Å². The fraction of sp³-hybridized carbons (Fsp3) is 0.273. The lowest BCUT2D eigenvalue weighted by Crippen LogP contribution is -2.22. The van der Waals surface area contributed by atoms with E-state index < -0.39 is 27.6 Å². The number of methoxy groups -OCH3 is 1. The predicted molar refractivity (Wildman–Crippen MR) is 76.3 cm³/mol. The Morgan fingerprint density at radius 3 is 2.70 bits per heavy atom. The number of esters is 1. The third-order valence-electron chi connectivity index (χ3n) is 2.32. The van der Waals surface area contributed by atoms with E-state index >= 15 is 0 Å². The Balaban J connectivity index is 2.92. The normalized spacial score (nSPS) is 10.9. The minimum absolute atomic E-state index is 0.0590.